The maximum Gasteiger partial charge on any atom is 0.0657 e. The minimum atomic E-state index is 0. The molecule has 1 saturated carbocycles. The summed E-state index contributed by atoms with van der Waals surface area (Å²) in [7, 11) is 0. The standard InChI is InChI=1S/C27H42N4.ClH/c1-4-13-29-16-18-31(19-17-29)26-6-5-24(30-14-9-22(21-28)10-15-30)20-25(26)23-7-11-27(2,3)12-8-23;/h5-6,20,22-23H,4,7-19H2,1-3H3;1H. The molecule has 1 aliphatic carbocycles. The Kier molecular flexibility index (Phi) is 8.75. The molecule has 0 bridgehead atoms. The van der Waals surface area contributed by atoms with Crippen LogP contribution in [0.5, 0.6) is 0 Å². The third-order valence-electron chi connectivity index (χ3n) is 8.09. The number of anilines is 2. The molecular weight excluding hydrogens is 416 g/mol. The fourth-order valence-electron chi connectivity index (χ4n) is 5.86. The van der Waals surface area contributed by atoms with Crippen LogP contribution in [0.25, 0.3) is 0 Å². The third kappa shape index (κ3) is 5.91. The molecule has 1 aromatic carbocycles. The summed E-state index contributed by atoms with van der Waals surface area (Å²) in [4.78, 5) is 7.80. The molecule has 1 aromatic rings. The lowest BCUT2D eigenvalue weighted by molar-refractivity contribution is 0.224. The lowest BCUT2D eigenvalue weighted by Crippen LogP contribution is -2.47. The number of benzene rings is 1. The molecule has 3 fully saturated rings. The number of nitrogens with zero attached hydrogens (tertiary/aromatic N) is 4. The highest BCUT2D eigenvalue weighted by Gasteiger charge is 2.31. The van der Waals surface area contributed by atoms with Crippen LogP contribution in [-0.2, 0) is 0 Å². The highest BCUT2D eigenvalue weighted by atomic mass is 35.5. The van der Waals surface area contributed by atoms with Crippen molar-refractivity contribution in [3.63, 3.8) is 0 Å². The van der Waals surface area contributed by atoms with Crippen LogP contribution in [0, 0.1) is 22.7 Å². The first-order valence-electron chi connectivity index (χ1n) is 12.7. The van der Waals surface area contributed by atoms with Crippen molar-refractivity contribution in [2.45, 2.75) is 71.6 Å². The summed E-state index contributed by atoms with van der Waals surface area (Å²) in [5.74, 6) is 0.934. The lowest BCUT2D eigenvalue weighted by atomic mass is 9.71. The number of piperidine rings is 1. The number of piperazine rings is 1. The van der Waals surface area contributed by atoms with Crippen LogP contribution in [-0.4, -0.2) is 50.7 Å². The second-order valence-corrected chi connectivity index (χ2v) is 10.9. The molecule has 4 nitrogen and oxygen atoms in total. The van der Waals surface area contributed by atoms with Gasteiger partial charge in [0.15, 0.2) is 0 Å². The Morgan fingerprint density at radius 3 is 2.19 bits per heavy atom. The quantitative estimate of drug-likeness (QED) is 0.536. The normalized spacial score (nSPS) is 22.9. The maximum absolute atomic E-state index is 9.26. The Labute approximate surface area is 202 Å². The van der Waals surface area contributed by atoms with Gasteiger partial charge in [-0.1, -0.05) is 20.8 Å². The molecule has 0 aromatic heterocycles. The fraction of sp³-hybridized carbons (Fsp3) is 0.741. The van der Waals surface area contributed by atoms with Crippen molar-refractivity contribution >= 4 is 23.8 Å². The summed E-state index contributed by atoms with van der Waals surface area (Å²) in [6, 6.07) is 9.79. The van der Waals surface area contributed by atoms with Gasteiger partial charge in [-0.25, -0.2) is 0 Å². The summed E-state index contributed by atoms with van der Waals surface area (Å²) in [6.07, 6.45) is 8.55. The van der Waals surface area contributed by atoms with Crippen LogP contribution < -0.4 is 9.80 Å². The summed E-state index contributed by atoms with van der Waals surface area (Å²) < 4.78 is 0. The number of nitriles is 1. The molecular formula is C27H43ClN4. The lowest BCUT2D eigenvalue weighted by Gasteiger charge is -2.40. The van der Waals surface area contributed by atoms with E-state index < -0.39 is 0 Å². The maximum atomic E-state index is 9.26. The summed E-state index contributed by atoms with van der Waals surface area (Å²) in [5, 5.41) is 9.26. The molecule has 0 spiro atoms. The van der Waals surface area contributed by atoms with Gasteiger partial charge in [-0.05, 0) is 86.6 Å². The van der Waals surface area contributed by atoms with E-state index in [1.54, 1.807) is 5.56 Å². The first-order chi connectivity index (χ1) is 15.0. The zero-order chi connectivity index (χ0) is 21.8. The summed E-state index contributed by atoms with van der Waals surface area (Å²) in [6.45, 7) is 15.1. The Morgan fingerprint density at radius 2 is 1.59 bits per heavy atom. The Bertz CT molecular complexity index is 760. The van der Waals surface area contributed by atoms with Gasteiger partial charge in [0, 0.05) is 56.6 Å². The number of hydrogen-bond donors (Lipinski definition) is 0. The average Bonchev–Trinajstić information content (AvgIpc) is 2.80. The zero-order valence-electron chi connectivity index (χ0n) is 20.5. The predicted octanol–water partition coefficient (Wildman–Crippen LogP) is 6.06. The topological polar surface area (TPSA) is 33.5 Å². The second-order valence-electron chi connectivity index (χ2n) is 10.9. The molecule has 0 N–H and O–H groups in total. The van der Waals surface area contributed by atoms with E-state index >= 15 is 0 Å². The first-order valence-corrected chi connectivity index (χ1v) is 12.7. The van der Waals surface area contributed by atoms with Crippen LogP contribution >= 0.6 is 12.4 Å². The molecule has 2 heterocycles. The van der Waals surface area contributed by atoms with Gasteiger partial charge >= 0.3 is 0 Å². The molecule has 4 rings (SSSR count). The monoisotopic (exact) mass is 458 g/mol. The smallest absolute Gasteiger partial charge is 0.0657 e. The third-order valence-corrected chi connectivity index (χ3v) is 8.09. The van der Waals surface area contributed by atoms with E-state index in [2.05, 4.69) is 59.7 Å². The van der Waals surface area contributed by atoms with E-state index in [1.165, 1.54) is 63.1 Å². The first kappa shape index (κ1) is 25.2. The summed E-state index contributed by atoms with van der Waals surface area (Å²) >= 11 is 0. The number of rotatable bonds is 5. The second kappa shape index (κ2) is 11.1. The van der Waals surface area contributed by atoms with E-state index in [9.17, 15) is 5.26 Å². The Hall–Kier alpha value is -1.44. The SMILES string of the molecule is CCCN1CCN(c2ccc(N3CCC(C#N)CC3)cc2C2CCC(C)(C)CC2)CC1.Cl. The van der Waals surface area contributed by atoms with E-state index in [0.717, 1.165) is 39.0 Å². The van der Waals surface area contributed by atoms with Crippen molar-refractivity contribution in [3.05, 3.63) is 23.8 Å². The largest absolute Gasteiger partial charge is 0.371 e. The fourth-order valence-corrected chi connectivity index (χ4v) is 5.86. The van der Waals surface area contributed by atoms with Crippen molar-refractivity contribution in [1.82, 2.24) is 4.90 Å². The van der Waals surface area contributed by atoms with Gasteiger partial charge < -0.3 is 9.80 Å². The Balaban J connectivity index is 0.00000289. The molecule has 0 atom stereocenters. The van der Waals surface area contributed by atoms with Crippen LogP contribution in [0.4, 0.5) is 11.4 Å². The van der Waals surface area contributed by atoms with Gasteiger partial charge in [0.1, 0.15) is 0 Å². The molecule has 0 radical (unpaired) electrons. The van der Waals surface area contributed by atoms with Crippen LogP contribution in [0.3, 0.4) is 0 Å². The molecule has 32 heavy (non-hydrogen) atoms. The van der Waals surface area contributed by atoms with Crippen molar-refractivity contribution in [1.29, 1.82) is 5.26 Å². The van der Waals surface area contributed by atoms with Crippen molar-refractivity contribution < 1.29 is 0 Å². The van der Waals surface area contributed by atoms with E-state index in [1.807, 2.05) is 0 Å². The highest BCUT2D eigenvalue weighted by Crippen LogP contribution is 2.46. The minimum absolute atomic E-state index is 0. The predicted molar refractivity (Wildman–Crippen MR) is 138 cm³/mol. The Morgan fingerprint density at radius 1 is 0.938 bits per heavy atom. The molecule has 5 heteroatoms. The van der Waals surface area contributed by atoms with Crippen LogP contribution in [0.1, 0.15) is 77.2 Å². The van der Waals surface area contributed by atoms with E-state index in [0.29, 0.717) is 11.3 Å². The molecule has 0 amide bonds. The van der Waals surface area contributed by atoms with Crippen molar-refractivity contribution in [2.24, 2.45) is 11.3 Å². The van der Waals surface area contributed by atoms with Gasteiger partial charge in [0.25, 0.3) is 0 Å². The average molecular weight is 459 g/mol. The van der Waals surface area contributed by atoms with Gasteiger partial charge in [-0.3, -0.25) is 4.90 Å². The molecule has 3 aliphatic rings. The molecule has 2 saturated heterocycles. The van der Waals surface area contributed by atoms with Crippen LogP contribution in [0.2, 0.25) is 0 Å². The van der Waals surface area contributed by atoms with Gasteiger partial charge in [-0.2, -0.15) is 5.26 Å². The highest BCUT2D eigenvalue weighted by molar-refractivity contribution is 5.85. The molecule has 0 unspecified atom stereocenters. The molecule has 2 aliphatic heterocycles. The van der Waals surface area contributed by atoms with Crippen LogP contribution in [0.15, 0.2) is 18.2 Å². The zero-order valence-corrected chi connectivity index (χ0v) is 21.3. The summed E-state index contributed by atoms with van der Waals surface area (Å²) in [5.41, 5.74) is 4.97. The van der Waals surface area contributed by atoms with Gasteiger partial charge in [-0.15, -0.1) is 12.4 Å². The van der Waals surface area contributed by atoms with Crippen molar-refractivity contribution in [2.75, 3.05) is 55.6 Å². The van der Waals surface area contributed by atoms with Crippen molar-refractivity contribution in [3.8, 4) is 6.07 Å². The minimum Gasteiger partial charge on any atom is -0.371 e. The molecule has 178 valence electrons. The number of hydrogen-bond acceptors (Lipinski definition) is 4. The van der Waals surface area contributed by atoms with Gasteiger partial charge in [0.05, 0.1) is 6.07 Å². The van der Waals surface area contributed by atoms with E-state index in [-0.39, 0.29) is 18.3 Å². The van der Waals surface area contributed by atoms with E-state index in [4.69, 9.17) is 0 Å². The number of halogens is 1. The van der Waals surface area contributed by atoms with Gasteiger partial charge in [0.2, 0.25) is 0 Å².